The summed E-state index contributed by atoms with van der Waals surface area (Å²) in [6.07, 6.45) is 4.46. The minimum atomic E-state index is 0.829. The number of aromatic nitrogens is 1. The summed E-state index contributed by atoms with van der Waals surface area (Å²) in [6, 6.07) is 0. The van der Waals surface area contributed by atoms with Crippen LogP contribution in [0.3, 0.4) is 0 Å². The highest BCUT2D eigenvalue weighted by molar-refractivity contribution is 7.11. The number of rotatable bonds is 2. The fraction of sp³-hybridized carbons (Fsp3) is 0.667. The van der Waals surface area contributed by atoms with E-state index in [1.165, 1.54) is 35.8 Å². The molecule has 1 saturated heterocycles. The number of nitrogens with one attached hydrogen (secondary N) is 1. The molecular weight excluding hydrogens is 168 g/mol. The van der Waals surface area contributed by atoms with Gasteiger partial charge in [0, 0.05) is 17.5 Å². The summed E-state index contributed by atoms with van der Waals surface area (Å²) < 4.78 is 0. The Balaban J connectivity index is 1.94. The second kappa shape index (κ2) is 3.54. The van der Waals surface area contributed by atoms with E-state index in [1.54, 1.807) is 0 Å². The van der Waals surface area contributed by atoms with Crippen molar-refractivity contribution in [3.63, 3.8) is 0 Å². The summed E-state index contributed by atoms with van der Waals surface area (Å²) in [5.41, 5.74) is 0. The van der Waals surface area contributed by atoms with Crippen LogP contribution in [0.2, 0.25) is 0 Å². The maximum Gasteiger partial charge on any atom is 0.0930 e. The normalized spacial score (nSPS) is 23.2. The number of aryl methyl sites for hydroxylation is 1. The lowest BCUT2D eigenvalue weighted by atomic mass is 10.1. The molecule has 3 heteroatoms. The zero-order valence-corrected chi connectivity index (χ0v) is 8.16. The van der Waals surface area contributed by atoms with Gasteiger partial charge in [-0.15, -0.1) is 11.3 Å². The highest BCUT2D eigenvalue weighted by Gasteiger charge is 2.15. The number of thiazole rings is 1. The Morgan fingerprint density at radius 3 is 3.25 bits per heavy atom. The molecule has 1 aliphatic rings. The molecule has 0 spiro atoms. The fourth-order valence-electron chi connectivity index (χ4n) is 1.63. The largest absolute Gasteiger partial charge is 0.316 e. The third-order valence-corrected chi connectivity index (χ3v) is 3.23. The number of nitrogens with zero attached hydrogens (tertiary/aromatic N) is 1. The van der Waals surface area contributed by atoms with Gasteiger partial charge in [0.15, 0.2) is 0 Å². The van der Waals surface area contributed by atoms with Gasteiger partial charge in [-0.3, -0.25) is 0 Å². The zero-order chi connectivity index (χ0) is 8.39. The molecule has 2 heterocycles. The van der Waals surface area contributed by atoms with Gasteiger partial charge < -0.3 is 5.32 Å². The molecule has 1 aromatic rings. The van der Waals surface area contributed by atoms with Crippen molar-refractivity contribution in [3.8, 4) is 0 Å². The summed E-state index contributed by atoms with van der Waals surface area (Å²) in [6.45, 7) is 4.49. The van der Waals surface area contributed by atoms with Crippen molar-refractivity contribution < 1.29 is 0 Å². The molecule has 1 aromatic heterocycles. The first-order chi connectivity index (χ1) is 5.84. The molecule has 0 saturated carbocycles. The van der Waals surface area contributed by atoms with Crippen LogP contribution >= 0.6 is 11.3 Å². The molecular formula is C9H14N2S. The number of hydrogen-bond acceptors (Lipinski definition) is 3. The summed E-state index contributed by atoms with van der Waals surface area (Å²) in [5.74, 6) is 0.829. The van der Waals surface area contributed by atoms with Crippen molar-refractivity contribution in [2.75, 3.05) is 13.1 Å². The van der Waals surface area contributed by atoms with Crippen molar-refractivity contribution in [1.29, 1.82) is 0 Å². The van der Waals surface area contributed by atoms with E-state index in [1.807, 2.05) is 17.5 Å². The second-order valence-corrected chi connectivity index (χ2v) is 4.75. The summed E-state index contributed by atoms with van der Waals surface area (Å²) in [7, 11) is 0. The van der Waals surface area contributed by atoms with Crippen LogP contribution in [0.5, 0.6) is 0 Å². The second-order valence-electron chi connectivity index (χ2n) is 3.43. The van der Waals surface area contributed by atoms with Crippen LogP contribution in [0.1, 0.15) is 16.3 Å². The molecule has 0 aliphatic carbocycles. The van der Waals surface area contributed by atoms with Crippen LogP contribution in [-0.4, -0.2) is 18.1 Å². The molecule has 0 aromatic carbocycles. The first-order valence-electron chi connectivity index (χ1n) is 4.46. The predicted molar refractivity (Wildman–Crippen MR) is 51.5 cm³/mol. The Morgan fingerprint density at radius 2 is 2.67 bits per heavy atom. The van der Waals surface area contributed by atoms with E-state index in [-0.39, 0.29) is 0 Å². The van der Waals surface area contributed by atoms with Gasteiger partial charge in [0.05, 0.1) is 5.01 Å². The molecule has 1 aliphatic heterocycles. The lowest BCUT2D eigenvalue weighted by Gasteiger charge is -2.03. The third kappa shape index (κ3) is 1.84. The van der Waals surface area contributed by atoms with Gasteiger partial charge in [-0.25, -0.2) is 4.98 Å². The van der Waals surface area contributed by atoms with Crippen LogP contribution in [0.25, 0.3) is 0 Å². The molecule has 66 valence electrons. The molecule has 0 bridgehead atoms. The lowest BCUT2D eigenvalue weighted by molar-refractivity contribution is 0.578. The van der Waals surface area contributed by atoms with E-state index in [0.717, 1.165) is 5.92 Å². The van der Waals surface area contributed by atoms with Crippen molar-refractivity contribution in [2.45, 2.75) is 19.8 Å². The maximum atomic E-state index is 4.37. The first kappa shape index (κ1) is 8.20. The van der Waals surface area contributed by atoms with Crippen LogP contribution in [-0.2, 0) is 6.42 Å². The van der Waals surface area contributed by atoms with Gasteiger partial charge in [0.2, 0.25) is 0 Å². The van der Waals surface area contributed by atoms with Crippen molar-refractivity contribution in [3.05, 3.63) is 16.1 Å². The van der Waals surface area contributed by atoms with Gasteiger partial charge in [-0.1, -0.05) is 0 Å². The van der Waals surface area contributed by atoms with Crippen molar-refractivity contribution in [2.24, 2.45) is 5.92 Å². The molecule has 2 rings (SSSR count). The smallest absolute Gasteiger partial charge is 0.0930 e. The average Bonchev–Trinajstić information content (AvgIpc) is 2.63. The molecule has 2 nitrogen and oxygen atoms in total. The predicted octanol–water partition coefficient (Wildman–Crippen LogP) is 1.60. The van der Waals surface area contributed by atoms with E-state index >= 15 is 0 Å². The van der Waals surface area contributed by atoms with Crippen molar-refractivity contribution in [1.82, 2.24) is 10.3 Å². The van der Waals surface area contributed by atoms with Crippen LogP contribution in [0.4, 0.5) is 0 Å². The lowest BCUT2D eigenvalue weighted by Crippen LogP contribution is -2.10. The van der Waals surface area contributed by atoms with Crippen molar-refractivity contribution >= 4 is 11.3 Å². The molecule has 0 radical (unpaired) electrons. The third-order valence-electron chi connectivity index (χ3n) is 2.29. The maximum absolute atomic E-state index is 4.37. The van der Waals surface area contributed by atoms with Crippen LogP contribution in [0.15, 0.2) is 6.20 Å². The minimum absolute atomic E-state index is 0.829. The van der Waals surface area contributed by atoms with Gasteiger partial charge in [-0.2, -0.15) is 0 Å². The quantitative estimate of drug-likeness (QED) is 0.751. The van der Waals surface area contributed by atoms with E-state index in [4.69, 9.17) is 0 Å². The Hall–Kier alpha value is -0.410. The van der Waals surface area contributed by atoms with E-state index in [0.29, 0.717) is 0 Å². The standard InChI is InChI=1S/C9H14N2S/c1-7-5-11-9(12-7)4-8-2-3-10-6-8/h5,8,10H,2-4,6H2,1H3. The van der Waals surface area contributed by atoms with E-state index < -0.39 is 0 Å². The van der Waals surface area contributed by atoms with Crippen LogP contribution in [0, 0.1) is 12.8 Å². The van der Waals surface area contributed by atoms with E-state index in [2.05, 4.69) is 17.2 Å². The molecule has 1 fully saturated rings. The summed E-state index contributed by atoms with van der Waals surface area (Å²) in [5, 5.41) is 4.68. The molecule has 0 amide bonds. The first-order valence-corrected chi connectivity index (χ1v) is 5.28. The van der Waals surface area contributed by atoms with Gasteiger partial charge in [0.1, 0.15) is 0 Å². The van der Waals surface area contributed by atoms with E-state index in [9.17, 15) is 0 Å². The Morgan fingerprint density at radius 1 is 1.75 bits per heavy atom. The van der Waals surface area contributed by atoms with Gasteiger partial charge in [0.25, 0.3) is 0 Å². The minimum Gasteiger partial charge on any atom is -0.316 e. The fourth-order valence-corrected chi connectivity index (χ4v) is 2.53. The number of hydrogen-bond donors (Lipinski definition) is 1. The summed E-state index contributed by atoms with van der Waals surface area (Å²) >= 11 is 1.84. The topological polar surface area (TPSA) is 24.9 Å². The molecule has 1 N–H and O–H groups in total. The molecule has 1 atom stereocenters. The zero-order valence-electron chi connectivity index (χ0n) is 7.34. The Labute approximate surface area is 77.0 Å². The molecule has 12 heavy (non-hydrogen) atoms. The average molecular weight is 182 g/mol. The SMILES string of the molecule is Cc1cnc(CC2CCNC2)s1. The van der Waals surface area contributed by atoms with Gasteiger partial charge in [-0.05, 0) is 32.4 Å². The monoisotopic (exact) mass is 182 g/mol. The Kier molecular flexibility index (Phi) is 2.42. The van der Waals surface area contributed by atoms with Gasteiger partial charge >= 0.3 is 0 Å². The summed E-state index contributed by atoms with van der Waals surface area (Å²) in [4.78, 5) is 5.70. The highest BCUT2D eigenvalue weighted by atomic mass is 32.1. The highest BCUT2D eigenvalue weighted by Crippen LogP contribution is 2.18. The Bertz CT molecular complexity index is 251. The van der Waals surface area contributed by atoms with Crippen LogP contribution < -0.4 is 5.32 Å². The molecule has 1 unspecified atom stereocenters.